The molecule has 106 valence electrons. The smallest absolute Gasteiger partial charge is 0.119 e. The number of rotatable bonds is 4. The van der Waals surface area contributed by atoms with Crippen LogP contribution in [-0.4, -0.2) is 14.9 Å². The summed E-state index contributed by atoms with van der Waals surface area (Å²) < 4.78 is 1.94. The lowest BCUT2D eigenvalue weighted by Gasteiger charge is -2.03. The summed E-state index contributed by atoms with van der Waals surface area (Å²) in [5.41, 5.74) is 4.21. The van der Waals surface area contributed by atoms with Crippen LogP contribution in [0.5, 0.6) is 5.75 Å². The monoisotopic (exact) mass is 278 g/mol. The molecule has 0 spiro atoms. The SMILES string of the molecule is Cc1ccc(-c2cnn(CCc3ccccc3)c2)cc1O. The summed E-state index contributed by atoms with van der Waals surface area (Å²) in [4.78, 5) is 0. The van der Waals surface area contributed by atoms with Crippen molar-refractivity contribution in [2.45, 2.75) is 19.9 Å². The molecule has 0 saturated carbocycles. The number of hydrogen-bond donors (Lipinski definition) is 1. The van der Waals surface area contributed by atoms with Gasteiger partial charge in [0.25, 0.3) is 0 Å². The number of nitrogens with zero attached hydrogens (tertiary/aromatic N) is 2. The third-order valence-corrected chi connectivity index (χ3v) is 3.65. The van der Waals surface area contributed by atoms with Crippen molar-refractivity contribution in [3.8, 4) is 16.9 Å². The summed E-state index contributed by atoms with van der Waals surface area (Å²) in [7, 11) is 0. The number of aromatic hydroxyl groups is 1. The van der Waals surface area contributed by atoms with Crippen molar-refractivity contribution < 1.29 is 5.11 Å². The van der Waals surface area contributed by atoms with E-state index in [9.17, 15) is 5.11 Å². The van der Waals surface area contributed by atoms with E-state index in [1.807, 2.05) is 42.2 Å². The van der Waals surface area contributed by atoms with Crippen LogP contribution in [0, 0.1) is 6.92 Å². The molecule has 3 nitrogen and oxygen atoms in total. The van der Waals surface area contributed by atoms with E-state index < -0.39 is 0 Å². The first kappa shape index (κ1) is 13.4. The van der Waals surface area contributed by atoms with Gasteiger partial charge in [-0.15, -0.1) is 0 Å². The van der Waals surface area contributed by atoms with Crippen molar-refractivity contribution in [3.63, 3.8) is 0 Å². The van der Waals surface area contributed by atoms with Gasteiger partial charge < -0.3 is 5.11 Å². The van der Waals surface area contributed by atoms with Gasteiger partial charge in [-0.2, -0.15) is 5.10 Å². The fourth-order valence-corrected chi connectivity index (χ4v) is 2.31. The van der Waals surface area contributed by atoms with Crippen LogP contribution in [0.3, 0.4) is 0 Å². The molecule has 1 heterocycles. The van der Waals surface area contributed by atoms with Crippen LogP contribution in [0.1, 0.15) is 11.1 Å². The lowest BCUT2D eigenvalue weighted by molar-refractivity contribution is 0.471. The van der Waals surface area contributed by atoms with Gasteiger partial charge in [0.1, 0.15) is 5.75 Å². The third-order valence-electron chi connectivity index (χ3n) is 3.65. The molecule has 0 fully saturated rings. The lowest BCUT2D eigenvalue weighted by Crippen LogP contribution is -2.01. The maximum Gasteiger partial charge on any atom is 0.119 e. The minimum absolute atomic E-state index is 0.324. The van der Waals surface area contributed by atoms with Crippen molar-refractivity contribution >= 4 is 0 Å². The second-order valence-electron chi connectivity index (χ2n) is 5.23. The summed E-state index contributed by atoms with van der Waals surface area (Å²) in [5, 5.41) is 14.2. The Morgan fingerprint density at radius 2 is 1.86 bits per heavy atom. The molecular formula is C18H18N2O. The van der Waals surface area contributed by atoms with Crippen molar-refractivity contribution in [3.05, 3.63) is 72.1 Å². The molecule has 2 aromatic carbocycles. The number of hydrogen-bond acceptors (Lipinski definition) is 2. The minimum Gasteiger partial charge on any atom is -0.508 e. The molecule has 1 N–H and O–H groups in total. The minimum atomic E-state index is 0.324. The van der Waals surface area contributed by atoms with Gasteiger partial charge in [-0.3, -0.25) is 4.68 Å². The van der Waals surface area contributed by atoms with Crippen LogP contribution in [0.25, 0.3) is 11.1 Å². The highest BCUT2D eigenvalue weighted by molar-refractivity contribution is 5.64. The molecule has 0 aliphatic heterocycles. The normalized spacial score (nSPS) is 10.7. The molecule has 21 heavy (non-hydrogen) atoms. The summed E-state index contributed by atoms with van der Waals surface area (Å²) in [6, 6.07) is 16.1. The summed E-state index contributed by atoms with van der Waals surface area (Å²) in [5.74, 6) is 0.324. The first-order valence-corrected chi connectivity index (χ1v) is 7.09. The topological polar surface area (TPSA) is 38.0 Å². The van der Waals surface area contributed by atoms with E-state index in [1.54, 1.807) is 6.07 Å². The molecule has 0 radical (unpaired) electrons. The Bertz CT molecular complexity index is 732. The van der Waals surface area contributed by atoms with Gasteiger partial charge in [-0.1, -0.05) is 42.5 Å². The molecule has 3 aromatic rings. The molecule has 0 saturated heterocycles. The van der Waals surface area contributed by atoms with E-state index in [2.05, 4.69) is 29.4 Å². The predicted molar refractivity (Wildman–Crippen MR) is 84.2 cm³/mol. The van der Waals surface area contributed by atoms with Crippen LogP contribution in [0.2, 0.25) is 0 Å². The van der Waals surface area contributed by atoms with Crippen molar-refractivity contribution in [2.75, 3.05) is 0 Å². The highest BCUT2D eigenvalue weighted by atomic mass is 16.3. The molecule has 3 rings (SSSR count). The fourth-order valence-electron chi connectivity index (χ4n) is 2.31. The molecule has 1 aromatic heterocycles. The quantitative estimate of drug-likeness (QED) is 0.788. The maximum atomic E-state index is 9.79. The number of phenols is 1. The van der Waals surface area contributed by atoms with Gasteiger partial charge in [0.05, 0.1) is 6.20 Å². The van der Waals surface area contributed by atoms with Gasteiger partial charge in [0.15, 0.2) is 0 Å². The van der Waals surface area contributed by atoms with Crippen LogP contribution >= 0.6 is 0 Å². The van der Waals surface area contributed by atoms with E-state index in [0.717, 1.165) is 29.7 Å². The van der Waals surface area contributed by atoms with Crippen LogP contribution in [-0.2, 0) is 13.0 Å². The average Bonchev–Trinajstić information content (AvgIpc) is 2.98. The Labute approximate surface area is 124 Å². The summed E-state index contributed by atoms with van der Waals surface area (Å²) in [6.45, 7) is 2.74. The van der Waals surface area contributed by atoms with Crippen LogP contribution < -0.4 is 0 Å². The highest BCUT2D eigenvalue weighted by Gasteiger charge is 2.04. The molecule has 0 unspecified atom stereocenters. The van der Waals surface area contributed by atoms with E-state index >= 15 is 0 Å². The zero-order chi connectivity index (χ0) is 14.7. The molecule has 0 aliphatic carbocycles. The molecule has 0 aliphatic rings. The lowest BCUT2D eigenvalue weighted by atomic mass is 10.1. The second kappa shape index (κ2) is 5.83. The largest absolute Gasteiger partial charge is 0.508 e. The first-order chi connectivity index (χ1) is 10.2. The number of aryl methyl sites for hydroxylation is 3. The van der Waals surface area contributed by atoms with Gasteiger partial charge in [-0.05, 0) is 36.1 Å². The van der Waals surface area contributed by atoms with Gasteiger partial charge in [-0.25, -0.2) is 0 Å². The first-order valence-electron chi connectivity index (χ1n) is 7.09. The van der Waals surface area contributed by atoms with Crippen molar-refractivity contribution in [1.29, 1.82) is 0 Å². The zero-order valence-electron chi connectivity index (χ0n) is 12.0. The van der Waals surface area contributed by atoms with Gasteiger partial charge in [0, 0.05) is 18.3 Å². The van der Waals surface area contributed by atoms with Crippen molar-refractivity contribution in [1.82, 2.24) is 9.78 Å². The Morgan fingerprint density at radius 1 is 1.05 bits per heavy atom. The summed E-state index contributed by atoms with van der Waals surface area (Å²) >= 11 is 0. The Balaban J connectivity index is 1.72. The predicted octanol–water partition coefficient (Wildman–Crippen LogP) is 3.81. The van der Waals surface area contributed by atoms with E-state index in [1.165, 1.54) is 5.56 Å². The Hall–Kier alpha value is -2.55. The van der Waals surface area contributed by atoms with Crippen molar-refractivity contribution in [2.24, 2.45) is 0 Å². The number of aromatic nitrogens is 2. The molecule has 0 atom stereocenters. The van der Waals surface area contributed by atoms with E-state index in [0.29, 0.717) is 5.75 Å². The van der Waals surface area contributed by atoms with Gasteiger partial charge >= 0.3 is 0 Å². The average molecular weight is 278 g/mol. The molecule has 0 amide bonds. The van der Waals surface area contributed by atoms with E-state index in [-0.39, 0.29) is 0 Å². The molecule has 3 heteroatoms. The van der Waals surface area contributed by atoms with Crippen LogP contribution in [0.15, 0.2) is 60.9 Å². The van der Waals surface area contributed by atoms with Gasteiger partial charge in [0.2, 0.25) is 0 Å². The highest BCUT2D eigenvalue weighted by Crippen LogP contribution is 2.25. The number of benzene rings is 2. The molecular weight excluding hydrogens is 260 g/mol. The summed E-state index contributed by atoms with van der Waals surface area (Å²) in [6.07, 6.45) is 4.82. The number of phenolic OH excluding ortho intramolecular Hbond substituents is 1. The van der Waals surface area contributed by atoms with E-state index in [4.69, 9.17) is 0 Å². The maximum absolute atomic E-state index is 9.79. The molecule has 0 bridgehead atoms. The van der Waals surface area contributed by atoms with Crippen LogP contribution in [0.4, 0.5) is 0 Å². The standard InChI is InChI=1S/C18H18N2O/c1-14-7-8-16(11-18(14)21)17-12-19-20(13-17)10-9-15-5-3-2-4-6-15/h2-8,11-13,21H,9-10H2,1H3. The zero-order valence-corrected chi connectivity index (χ0v) is 12.0. The fraction of sp³-hybridized carbons (Fsp3) is 0.167. The third kappa shape index (κ3) is 3.14. The second-order valence-corrected chi connectivity index (χ2v) is 5.23. The Kier molecular flexibility index (Phi) is 3.73. The Morgan fingerprint density at radius 3 is 2.62 bits per heavy atom.